The summed E-state index contributed by atoms with van der Waals surface area (Å²) in [5.41, 5.74) is 8.71. The number of nitrogens with zero attached hydrogens (tertiary/aromatic N) is 3. The van der Waals surface area contributed by atoms with Gasteiger partial charge in [0.25, 0.3) is 0 Å². The van der Waals surface area contributed by atoms with Crippen LogP contribution in [0.15, 0.2) is 59.7 Å². The van der Waals surface area contributed by atoms with E-state index < -0.39 is 0 Å². The van der Waals surface area contributed by atoms with Crippen molar-refractivity contribution in [3.8, 4) is 0 Å². The molecule has 0 aliphatic heterocycles. The molecular formula is C25H25N3O5. The smallest absolute Gasteiger partial charge is 0.338 e. The molecule has 170 valence electrons. The van der Waals surface area contributed by atoms with Crippen molar-refractivity contribution in [2.75, 3.05) is 52.8 Å². The summed E-state index contributed by atoms with van der Waals surface area (Å²) in [6, 6.07) is 18.3. The molecule has 4 aromatic carbocycles. The van der Waals surface area contributed by atoms with Crippen molar-refractivity contribution in [3.05, 3.63) is 70.6 Å². The van der Waals surface area contributed by atoms with Crippen molar-refractivity contribution in [3.63, 3.8) is 0 Å². The average molecular weight is 447 g/mol. The molecule has 0 amide bonds. The Hall–Kier alpha value is -3.42. The molecular weight excluding hydrogens is 422 g/mol. The first-order valence-corrected chi connectivity index (χ1v) is 10.9. The number of azide groups is 1. The van der Waals surface area contributed by atoms with Crippen LogP contribution in [0.1, 0.15) is 10.4 Å². The zero-order valence-corrected chi connectivity index (χ0v) is 18.2. The Bertz CT molecular complexity index is 1250. The third-order valence-electron chi connectivity index (χ3n) is 5.35. The number of rotatable bonds is 13. The summed E-state index contributed by atoms with van der Waals surface area (Å²) in [5.74, 6) is -0.356. The number of carbonyl (C=O) groups is 1. The predicted octanol–water partition coefficient (Wildman–Crippen LogP) is 5.10. The highest BCUT2D eigenvalue weighted by Crippen LogP contribution is 2.36. The van der Waals surface area contributed by atoms with Gasteiger partial charge in [-0.05, 0) is 43.9 Å². The lowest BCUT2D eigenvalue weighted by Gasteiger charge is -2.13. The molecule has 0 bridgehead atoms. The summed E-state index contributed by atoms with van der Waals surface area (Å²) in [5, 5.41) is 9.96. The molecule has 0 atom stereocenters. The lowest BCUT2D eigenvalue weighted by Crippen LogP contribution is -2.14. The van der Waals surface area contributed by atoms with Gasteiger partial charge in [0.15, 0.2) is 0 Å². The molecule has 0 saturated heterocycles. The summed E-state index contributed by atoms with van der Waals surface area (Å²) in [6.45, 7) is 2.83. The fourth-order valence-electron chi connectivity index (χ4n) is 3.88. The molecule has 4 rings (SSSR count). The van der Waals surface area contributed by atoms with Crippen molar-refractivity contribution in [2.45, 2.75) is 0 Å². The fraction of sp³-hybridized carbons (Fsp3) is 0.320. The van der Waals surface area contributed by atoms with E-state index in [9.17, 15) is 4.79 Å². The van der Waals surface area contributed by atoms with Crippen molar-refractivity contribution >= 4 is 38.3 Å². The van der Waals surface area contributed by atoms with Crippen LogP contribution in [0.5, 0.6) is 0 Å². The van der Waals surface area contributed by atoms with Gasteiger partial charge in [0.05, 0.1) is 45.2 Å². The highest BCUT2D eigenvalue weighted by molar-refractivity contribution is 6.25. The number of benzene rings is 4. The maximum absolute atomic E-state index is 12.7. The molecule has 8 nitrogen and oxygen atoms in total. The molecule has 0 unspecified atom stereocenters. The third-order valence-corrected chi connectivity index (χ3v) is 5.35. The van der Waals surface area contributed by atoms with Crippen LogP contribution in [0.3, 0.4) is 0 Å². The minimum Gasteiger partial charge on any atom is -0.460 e. The number of carbonyl (C=O) groups excluding carboxylic acids is 1. The van der Waals surface area contributed by atoms with Gasteiger partial charge in [-0.15, -0.1) is 0 Å². The van der Waals surface area contributed by atoms with E-state index in [1.165, 1.54) is 5.39 Å². The number of esters is 1. The van der Waals surface area contributed by atoms with Crippen LogP contribution in [0.25, 0.3) is 42.8 Å². The molecule has 0 radical (unpaired) electrons. The molecule has 8 heteroatoms. The molecule has 0 aliphatic rings. The lowest BCUT2D eigenvalue weighted by atomic mass is 9.92. The van der Waals surface area contributed by atoms with Gasteiger partial charge >= 0.3 is 5.97 Å². The van der Waals surface area contributed by atoms with E-state index >= 15 is 0 Å². The van der Waals surface area contributed by atoms with Gasteiger partial charge in [0, 0.05) is 11.5 Å². The Morgan fingerprint density at radius 1 is 0.727 bits per heavy atom. The number of hydrogen-bond acceptors (Lipinski definition) is 6. The standard InChI is InChI=1S/C25H25N3O5/c26-28-27-10-11-30-12-13-31-14-15-32-16-17-33-25(29)22-9-7-20-5-4-18-2-1-3-19-6-8-21(22)24(20)23(18)19/h1-9H,10-17H2. The van der Waals surface area contributed by atoms with Crippen molar-refractivity contribution < 1.29 is 23.7 Å². The molecule has 33 heavy (non-hydrogen) atoms. The quantitative estimate of drug-likeness (QED) is 0.0708. The van der Waals surface area contributed by atoms with E-state index in [-0.39, 0.29) is 12.6 Å². The molecule has 0 heterocycles. The second kappa shape index (κ2) is 11.4. The highest BCUT2D eigenvalue weighted by Gasteiger charge is 2.15. The first-order valence-electron chi connectivity index (χ1n) is 10.9. The van der Waals surface area contributed by atoms with E-state index in [0.717, 1.165) is 26.9 Å². The second-order valence-electron chi connectivity index (χ2n) is 7.40. The molecule has 4 aromatic rings. The first kappa shape index (κ1) is 22.8. The summed E-state index contributed by atoms with van der Waals surface area (Å²) >= 11 is 0. The van der Waals surface area contributed by atoms with E-state index in [4.69, 9.17) is 24.5 Å². The second-order valence-corrected chi connectivity index (χ2v) is 7.40. The fourth-order valence-corrected chi connectivity index (χ4v) is 3.88. The molecule has 0 spiro atoms. The molecule has 0 saturated carbocycles. The van der Waals surface area contributed by atoms with Crippen LogP contribution in [-0.2, 0) is 18.9 Å². The van der Waals surface area contributed by atoms with Gasteiger partial charge in [0.1, 0.15) is 6.61 Å². The van der Waals surface area contributed by atoms with Crippen molar-refractivity contribution in [2.24, 2.45) is 5.11 Å². The Balaban J connectivity index is 1.23. The SMILES string of the molecule is [N-]=[N+]=NCCOCCOCCOCCOC(=O)c1ccc2ccc3cccc4ccc1c2c34. The Kier molecular flexibility index (Phi) is 7.90. The van der Waals surface area contributed by atoms with Gasteiger partial charge < -0.3 is 18.9 Å². The van der Waals surface area contributed by atoms with Crippen LogP contribution in [0, 0.1) is 0 Å². The monoisotopic (exact) mass is 447 g/mol. The molecule has 0 N–H and O–H groups in total. The molecule has 0 fully saturated rings. The van der Waals surface area contributed by atoms with Crippen LogP contribution in [0.4, 0.5) is 0 Å². The topological polar surface area (TPSA) is 103 Å². The predicted molar refractivity (Wildman–Crippen MR) is 127 cm³/mol. The zero-order valence-electron chi connectivity index (χ0n) is 18.2. The average Bonchev–Trinajstić information content (AvgIpc) is 2.85. The van der Waals surface area contributed by atoms with Crippen LogP contribution in [-0.4, -0.2) is 58.8 Å². The van der Waals surface area contributed by atoms with Crippen molar-refractivity contribution in [1.29, 1.82) is 0 Å². The zero-order chi connectivity index (χ0) is 22.9. The maximum atomic E-state index is 12.7. The Morgan fingerprint density at radius 2 is 1.30 bits per heavy atom. The van der Waals surface area contributed by atoms with Crippen molar-refractivity contribution in [1.82, 2.24) is 0 Å². The van der Waals surface area contributed by atoms with E-state index in [0.29, 0.717) is 51.7 Å². The number of hydrogen-bond donors (Lipinski definition) is 0. The molecule has 0 aromatic heterocycles. The summed E-state index contributed by atoms with van der Waals surface area (Å²) < 4.78 is 21.5. The van der Waals surface area contributed by atoms with Crippen LogP contribution in [0.2, 0.25) is 0 Å². The minimum absolute atomic E-state index is 0.170. The molecule has 0 aliphatic carbocycles. The maximum Gasteiger partial charge on any atom is 0.338 e. The minimum atomic E-state index is -0.356. The first-order chi connectivity index (χ1) is 16.3. The van der Waals surface area contributed by atoms with E-state index in [2.05, 4.69) is 40.4 Å². The van der Waals surface area contributed by atoms with E-state index in [1.807, 2.05) is 24.3 Å². The lowest BCUT2D eigenvalue weighted by molar-refractivity contribution is 0.00138. The van der Waals surface area contributed by atoms with Gasteiger partial charge in [-0.1, -0.05) is 53.6 Å². The summed E-state index contributed by atoms with van der Waals surface area (Å²) in [6.07, 6.45) is 0. The van der Waals surface area contributed by atoms with Gasteiger partial charge in [-0.2, -0.15) is 0 Å². The van der Waals surface area contributed by atoms with Gasteiger partial charge in [0.2, 0.25) is 0 Å². The highest BCUT2D eigenvalue weighted by atomic mass is 16.6. The van der Waals surface area contributed by atoms with Gasteiger partial charge in [-0.25, -0.2) is 4.79 Å². The van der Waals surface area contributed by atoms with Crippen LogP contribution >= 0.6 is 0 Å². The third kappa shape index (κ3) is 5.50. The van der Waals surface area contributed by atoms with Gasteiger partial charge in [-0.3, -0.25) is 0 Å². The van der Waals surface area contributed by atoms with E-state index in [1.54, 1.807) is 0 Å². The summed E-state index contributed by atoms with van der Waals surface area (Å²) in [7, 11) is 0. The Morgan fingerprint density at radius 3 is 2.00 bits per heavy atom. The largest absolute Gasteiger partial charge is 0.460 e. The van der Waals surface area contributed by atoms with Crippen LogP contribution < -0.4 is 0 Å². The Labute approximate surface area is 190 Å². The number of ether oxygens (including phenoxy) is 4. The summed E-state index contributed by atoms with van der Waals surface area (Å²) in [4.78, 5) is 15.4. The normalized spacial score (nSPS) is 11.3.